The summed E-state index contributed by atoms with van der Waals surface area (Å²) in [5.41, 5.74) is 4.89. The van der Waals surface area contributed by atoms with Crippen molar-refractivity contribution >= 4 is 33.3 Å². The first kappa shape index (κ1) is 26.9. The Morgan fingerprint density at radius 3 is 2.49 bits per heavy atom. The third-order valence-electron chi connectivity index (χ3n) is 7.37. The number of para-hydroxylation sites is 2. The Labute approximate surface area is 251 Å². The molecule has 0 aliphatic carbocycles. The molecule has 0 N–H and O–H groups in total. The van der Waals surface area contributed by atoms with Crippen molar-refractivity contribution in [3.05, 3.63) is 111 Å². The maximum absolute atomic E-state index is 13.5. The Balaban J connectivity index is 1.27. The number of benzene rings is 3. The van der Waals surface area contributed by atoms with Gasteiger partial charge in [0.2, 0.25) is 10.8 Å². The third-order valence-corrected chi connectivity index (χ3v) is 8.33. The number of hydrogen-bond acceptors (Lipinski definition) is 7. The molecule has 0 atom stereocenters. The van der Waals surface area contributed by atoms with E-state index < -0.39 is 0 Å². The molecule has 0 radical (unpaired) electrons. The second-order valence-electron chi connectivity index (χ2n) is 10.9. The fourth-order valence-corrected chi connectivity index (χ4v) is 5.91. The van der Waals surface area contributed by atoms with Crippen LogP contribution < -0.4 is 14.8 Å². The number of rotatable bonds is 8. The van der Waals surface area contributed by atoms with Crippen LogP contribution in [-0.4, -0.2) is 31.0 Å². The second kappa shape index (κ2) is 11.0. The van der Waals surface area contributed by atoms with Gasteiger partial charge in [-0.3, -0.25) is 4.79 Å². The summed E-state index contributed by atoms with van der Waals surface area (Å²) in [6, 6.07) is 25.7. The fraction of sp³-hybridized carbons (Fsp3) is 0.176. The number of fused-ring (bicyclic) bond motifs is 2. The lowest BCUT2D eigenvalue weighted by Crippen LogP contribution is -2.23. The Hall–Kier alpha value is -5.02. The molecule has 0 fully saturated rings. The molecule has 4 heterocycles. The van der Waals surface area contributed by atoms with E-state index in [4.69, 9.17) is 14.3 Å². The summed E-state index contributed by atoms with van der Waals surface area (Å²) in [6.45, 7) is 7.02. The summed E-state index contributed by atoms with van der Waals surface area (Å²) in [6.07, 6.45) is 4.80. The van der Waals surface area contributed by atoms with Gasteiger partial charge in [-0.15, -0.1) is 5.10 Å². The average molecular weight is 588 g/mol. The van der Waals surface area contributed by atoms with Crippen LogP contribution in [0.5, 0.6) is 5.75 Å². The number of furan rings is 1. The highest BCUT2D eigenvalue weighted by Gasteiger charge is 2.19. The normalized spacial score (nSPS) is 12.2. The van der Waals surface area contributed by atoms with Crippen LogP contribution in [0.4, 0.5) is 0 Å². The number of nitrogens with zero attached hydrogens (tertiary/aromatic N) is 5. The summed E-state index contributed by atoms with van der Waals surface area (Å²) >= 11 is 1.29. The lowest BCUT2D eigenvalue weighted by Gasteiger charge is -2.08. The van der Waals surface area contributed by atoms with Crippen LogP contribution in [0, 0.1) is 12.8 Å². The summed E-state index contributed by atoms with van der Waals surface area (Å²) in [4.78, 5) is 18.7. The first-order chi connectivity index (χ1) is 20.9. The second-order valence-corrected chi connectivity index (χ2v) is 11.9. The summed E-state index contributed by atoms with van der Waals surface area (Å²) < 4.78 is 15.7. The van der Waals surface area contributed by atoms with Crippen LogP contribution in [0.15, 0.2) is 94.3 Å². The van der Waals surface area contributed by atoms with Gasteiger partial charge in [0.15, 0.2) is 5.76 Å². The van der Waals surface area contributed by atoms with Crippen LogP contribution in [0.3, 0.4) is 0 Å². The zero-order valence-corrected chi connectivity index (χ0v) is 24.8. The molecular weight excluding hydrogens is 558 g/mol. The number of aromatic nitrogens is 5. The SMILES string of the molecule is Cc1c(-c2nc3s/c(=C\c4cn(-c5ccccc5)nc4-c4ccc(OCCC(C)C)cc4)c(=O)n3n2)oc2ccccc12. The number of aryl methyl sites for hydroxylation is 1. The van der Waals surface area contributed by atoms with Crippen molar-refractivity contribution in [1.82, 2.24) is 24.4 Å². The third kappa shape index (κ3) is 5.12. The van der Waals surface area contributed by atoms with Gasteiger partial charge in [-0.05, 0) is 67.8 Å². The van der Waals surface area contributed by atoms with Gasteiger partial charge in [0, 0.05) is 28.3 Å². The van der Waals surface area contributed by atoms with Gasteiger partial charge in [-0.25, -0.2) is 4.68 Å². The zero-order chi connectivity index (χ0) is 29.5. The highest BCUT2D eigenvalue weighted by molar-refractivity contribution is 7.15. The molecule has 0 saturated carbocycles. The van der Waals surface area contributed by atoms with Crippen LogP contribution in [0.25, 0.3) is 50.5 Å². The zero-order valence-electron chi connectivity index (χ0n) is 24.0. The van der Waals surface area contributed by atoms with Gasteiger partial charge >= 0.3 is 0 Å². The number of ether oxygens (including phenoxy) is 1. The summed E-state index contributed by atoms with van der Waals surface area (Å²) in [5.74, 6) is 2.38. The van der Waals surface area contributed by atoms with Crippen molar-refractivity contribution in [2.45, 2.75) is 27.2 Å². The fourth-order valence-electron chi connectivity index (χ4n) is 5.01. The Kier molecular flexibility index (Phi) is 6.87. The van der Waals surface area contributed by atoms with Gasteiger partial charge in [0.1, 0.15) is 17.0 Å². The minimum absolute atomic E-state index is 0.236. The molecule has 214 valence electrons. The predicted octanol–water partition coefficient (Wildman–Crippen LogP) is 6.70. The summed E-state index contributed by atoms with van der Waals surface area (Å²) in [5, 5.41) is 10.5. The van der Waals surface area contributed by atoms with Crippen molar-refractivity contribution in [2.24, 2.45) is 5.92 Å². The quantitative estimate of drug-likeness (QED) is 0.197. The van der Waals surface area contributed by atoms with Crippen LogP contribution in [0.1, 0.15) is 31.4 Å². The van der Waals surface area contributed by atoms with Crippen molar-refractivity contribution in [1.29, 1.82) is 0 Å². The lowest BCUT2D eigenvalue weighted by atomic mass is 10.1. The smallest absolute Gasteiger partial charge is 0.291 e. The number of hydrogen-bond donors (Lipinski definition) is 0. The maximum Gasteiger partial charge on any atom is 0.291 e. The molecule has 0 amide bonds. The molecule has 4 aromatic heterocycles. The van der Waals surface area contributed by atoms with E-state index in [-0.39, 0.29) is 5.56 Å². The monoisotopic (exact) mass is 587 g/mol. The van der Waals surface area contributed by atoms with E-state index in [1.165, 1.54) is 15.9 Å². The van der Waals surface area contributed by atoms with Gasteiger partial charge < -0.3 is 9.15 Å². The predicted molar refractivity (Wildman–Crippen MR) is 170 cm³/mol. The Morgan fingerprint density at radius 2 is 1.74 bits per heavy atom. The van der Waals surface area contributed by atoms with Crippen LogP contribution in [0.2, 0.25) is 0 Å². The molecule has 3 aromatic carbocycles. The molecule has 0 spiro atoms. The molecule has 43 heavy (non-hydrogen) atoms. The summed E-state index contributed by atoms with van der Waals surface area (Å²) in [7, 11) is 0. The maximum atomic E-state index is 13.5. The van der Waals surface area contributed by atoms with Crippen molar-refractivity contribution in [3.63, 3.8) is 0 Å². The Morgan fingerprint density at radius 1 is 0.977 bits per heavy atom. The highest BCUT2D eigenvalue weighted by atomic mass is 32.1. The van der Waals surface area contributed by atoms with Crippen molar-refractivity contribution in [3.8, 4) is 34.3 Å². The minimum Gasteiger partial charge on any atom is -0.494 e. The van der Waals surface area contributed by atoms with Gasteiger partial charge in [0.05, 0.1) is 16.8 Å². The van der Waals surface area contributed by atoms with Crippen LogP contribution in [-0.2, 0) is 0 Å². The molecule has 7 rings (SSSR count). The Bertz CT molecular complexity index is 2170. The molecule has 9 heteroatoms. The van der Waals surface area contributed by atoms with E-state index in [9.17, 15) is 4.79 Å². The molecular formula is C34H29N5O3S. The molecule has 0 aliphatic rings. The standard InChI is InChI=1S/C34H29N5O3S/c1-21(2)17-18-41-26-15-13-23(14-16-26)30-24(20-38(36-30)25-9-5-4-6-10-25)19-29-33(40)39-34(43-29)35-32(37-39)31-22(3)27-11-7-8-12-28(27)42-31/h4-16,19-21H,17-18H2,1-3H3/b29-19-. The van der Waals surface area contributed by atoms with E-state index in [0.717, 1.165) is 51.2 Å². The first-order valence-corrected chi connectivity index (χ1v) is 15.0. The highest BCUT2D eigenvalue weighted by Crippen LogP contribution is 2.31. The molecule has 7 aromatic rings. The molecule has 0 saturated heterocycles. The minimum atomic E-state index is -0.236. The molecule has 8 nitrogen and oxygen atoms in total. The van der Waals surface area contributed by atoms with E-state index in [1.807, 2.05) is 103 Å². The van der Waals surface area contributed by atoms with E-state index in [1.54, 1.807) is 0 Å². The lowest BCUT2D eigenvalue weighted by molar-refractivity contribution is 0.289. The molecule has 0 bridgehead atoms. The van der Waals surface area contributed by atoms with Crippen molar-refractivity contribution in [2.75, 3.05) is 6.61 Å². The first-order valence-electron chi connectivity index (χ1n) is 14.2. The van der Waals surface area contributed by atoms with Gasteiger partial charge in [-0.1, -0.05) is 61.6 Å². The van der Waals surface area contributed by atoms with E-state index in [2.05, 4.69) is 23.9 Å². The number of thiazole rings is 1. The largest absolute Gasteiger partial charge is 0.494 e. The van der Waals surface area contributed by atoms with E-state index >= 15 is 0 Å². The van der Waals surface area contributed by atoms with Crippen molar-refractivity contribution < 1.29 is 9.15 Å². The van der Waals surface area contributed by atoms with Gasteiger partial charge in [-0.2, -0.15) is 14.6 Å². The van der Waals surface area contributed by atoms with Crippen LogP contribution >= 0.6 is 11.3 Å². The van der Waals surface area contributed by atoms with E-state index in [0.29, 0.717) is 33.6 Å². The molecule has 0 aliphatic heterocycles. The average Bonchev–Trinajstić information content (AvgIpc) is 3.78. The molecule has 0 unspecified atom stereocenters. The topological polar surface area (TPSA) is 87.5 Å². The van der Waals surface area contributed by atoms with Gasteiger partial charge in [0.25, 0.3) is 5.56 Å².